The fourth-order valence-electron chi connectivity index (χ4n) is 2.84. The first-order chi connectivity index (χ1) is 13.2. The fraction of sp³-hybridized carbons (Fsp3) is 0.182. The van der Waals surface area contributed by atoms with E-state index in [2.05, 4.69) is 22.8 Å². The Morgan fingerprint density at radius 2 is 1.59 bits per heavy atom. The summed E-state index contributed by atoms with van der Waals surface area (Å²) >= 11 is 1.39. The van der Waals surface area contributed by atoms with Crippen LogP contribution in [0, 0.1) is 0 Å². The second-order valence-corrected chi connectivity index (χ2v) is 7.15. The van der Waals surface area contributed by atoms with Crippen LogP contribution in [0.3, 0.4) is 0 Å². The lowest BCUT2D eigenvalue weighted by atomic mass is 9.98. The molecule has 0 aliphatic carbocycles. The van der Waals surface area contributed by atoms with Gasteiger partial charge in [0, 0.05) is 13.0 Å². The number of carbonyl (C=O) groups is 2. The second-order valence-electron chi connectivity index (χ2n) is 6.20. The highest BCUT2D eigenvalue weighted by Gasteiger charge is 2.15. The molecule has 0 aliphatic heterocycles. The molecular weight excluding hydrogens is 356 g/mol. The van der Waals surface area contributed by atoms with E-state index in [0.29, 0.717) is 11.4 Å². The topological polar surface area (TPSA) is 58.2 Å². The van der Waals surface area contributed by atoms with E-state index in [-0.39, 0.29) is 24.3 Å². The third-order valence-electron chi connectivity index (χ3n) is 4.20. The molecule has 0 saturated carbocycles. The summed E-state index contributed by atoms with van der Waals surface area (Å²) < 4.78 is 0. The molecule has 0 spiro atoms. The van der Waals surface area contributed by atoms with Gasteiger partial charge in [-0.15, -0.1) is 11.3 Å². The molecule has 1 aromatic heterocycles. The summed E-state index contributed by atoms with van der Waals surface area (Å²) in [6, 6.07) is 23.5. The molecule has 2 amide bonds. The standard InChI is InChI=1S/C22H22N2O2S/c25-21(13-14-23-22(26)20-12-7-15-27-20)24-19(18-10-5-2-6-11-18)16-17-8-3-1-4-9-17/h1-12,15,19H,13-14,16H2,(H,23,26)(H,24,25). The molecule has 0 fully saturated rings. The van der Waals surface area contributed by atoms with Crippen molar-refractivity contribution in [3.63, 3.8) is 0 Å². The Morgan fingerprint density at radius 1 is 0.889 bits per heavy atom. The van der Waals surface area contributed by atoms with Crippen LogP contribution >= 0.6 is 11.3 Å². The summed E-state index contributed by atoms with van der Waals surface area (Å²) in [6.45, 7) is 0.315. The van der Waals surface area contributed by atoms with E-state index in [4.69, 9.17) is 0 Å². The number of nitrogens with one attached hydrogen (secondary N) is 2. The maximum Gasteiger partial charge on any atom is 0.261 e. The van der Waals surface area contributed by atoms with E-state index in [1.807, 2.05) is 60.0 Å². The summed E-state index contributed by atoms with van der Waals surface area (Å²) in [5.74, 6) is -0.215. The molecule has 3 aromatic rings. The van der Waals surface area contributed by atoms with Gasteiger partial charge in [-0.05, 0) is 29.0 Å². The van der Waals surface area contributed by atoms with Crippen molar-refractivity contribution in [3.8, 4) is 0 Å². The van der Waals surface area contributed by atoms with Gasteiger partial charge in [-0.25, -0.2) is 0 Å². The number of hydrogen-bond donors (Lipinski definition) is 2. The molecule has 4 nitrogen and oxygen atoms in total. The number of amides is 2. The van der Waals surface area contributed by atoms with Gasteiger partial charge in [0.1, 0.15) is 0 Å². The number of thiophene rings is 1. The van der Waals surface area contributed by atoms with Crippen molar-refractivity contribution in [1.82, 2.24) is 10.6 Å². The average molecular weight is 378 g/mol. The highest BCUT2D eigenvalue weighted by atomic mass is 32.1. The zero-order valence-corrected chi connectivity index (χ0v) is 15.7. The SMILES string of the molecule is O=C(CCNC(=O)c1cccs1)NC(Cc1ccccc1)c1ccccc1. The number of rotatable bonds is 8. The Kier molecular flexibility index (Phi) is 6.77. The molecular formula is C22H22N2O2S. The number of benzene rings is 2. The molecule has 2 aromatic carbocycles. The van der Waals surface area contributed by atoms with Gasteiger partial charge >= 0.3 is 0 Å². The number of carbonyl (C=O) groups excluding carboxylic acids is 2. The Morgan fingerprint density at radius 3 is 2.26 bits per heavy atom. The van der Waals surface area contributed by atoms with Gasteiger partial charge in [-0.2, -0.15) is 0 Å². The predicted octanol–water partition coefficient (Wildman–Crippen LogP) is 3.97. The monoisotopic (exact) mass is 378 g/mol. The highest BCUT2D eigenvalue weighted by Crippen LogP contribution is 2.18. The van der Waals surface area contributed by atoms with E-state index in [1.165, 1.54) is 11.3 Å². The summed E-state index contributed by atoms with van der Waals surface area (Å²) in [5, 5.41) is 7.75. The van der Waals surface area contributed by atoms with E-state index >= 15 is 0 Å². The lowest BCUT2D eigenvalue weighted by Gasteiger charge is -2.19. The van der Waals surface area contributed by atoms with Gasteiger partial charge in [0.25, 0.3) is 5.91 Å². The Bertz CT molecular complexity index is 849. The van der Waals surface area contributed by atoms with Crippen molar-refractivity contribution in [2.75, 3.05) is 6.54 Å². The smallest absolute Gasteiger partial charge is 0.261 e. The van der Waals surface area contributed by atoms with Crippen molar-refractivity contribution >= 4 is 23.2 Å². The normalized spacial score (nSPS) is 11.6. The maximum atomic E-state index is 12.4. The van der Waals surface area contributed by atoms with Gasteiger partial charge < -0.3 is 10.6 Å². The molecule has 3 rings (SSSR count). The van der Waals surface area contributed by atoms with E-state index in [9.17, 15) is 9.59 Å². The first kappa shape index (κ1) is 18.9. The second kappa shape index (κ2) is 9.69. The molecule has 0 aliphatic rings. The van der Waals surface area contributed by atoms with Crippen LogP contribution in [-0.4, -0.2) is 18.4 Å². The van der Waals surface area contributed by atoms with Crippen molar-refractivity contribution in [3.05, 3.63) is 94.2 Å². The minimum absolute atomic E-state index is 0.0775. The molecule has 0 radical (unpaired) electrons. The van der Waals surface area contributed by atoms with Gasteiger partial charge in [0.15, 0.2) is 0 Å². The third-order valence-corrected chi connectivity index (χ3v) is 5.07. The quantitative estimate of drug-likeness (QED) is 0.623. The Balaban J connectivity index is 1.56. The minimum atomic E-state index is -0.137. The predicted molar refractivity (Wildman–Crippen MR) is 109 cm³/mol. The van der Waals surface area contributed by atoms with Crippen LogP contribution in [0.1, 0.15) is 33.3 Å². The van der Waals surface area contributed by atoms with Crippen LogP contribution in [0.2, 0.25) is 0 Å². The lowest BCUT2D eigenvalue weighted by molar-refractivity contribution is -0.121. The van der Waals surface area contributed by atoms with Crippen molar-refractivity contribution in [1.29, 1.82) is 0 Å². The minimum Gasteiger partial charge on any atom is -0.351 e. The number of hydrogen-bond acceptors (Lipinski definition) is 3. The van der Waals surface area contributed by atoms with Gasteiger partial charge in [-0.3, -0.25) is 9.59 Å². The summed E-state index contributed by atoms with van der Waals surface area (Å²) in [5.41, 5.74) is 2.23. The molecule has 27 heavy (non-hydrogen) atoms. The van der Waals surface area contributed by atoms with Crippen LogP contribution < -0.4 is 10.6 Å². The molecule has 1 unspecified atom stereocenters. The van der Waals surface area contributed by atoms with Crippen LogP contribution in [-0.2, 0) is 11.2 Å². The third kappa shape index (κ3) is 5.79. The first-order valence-electron chi connectivity index (χ1n) is 8.92. The highest BCUT2D eigenvalue weighted by molar-refractivity contribution is 7.12. The zero-order valence-electron chi connectivity index (χ0n) is 14.9. The summed E-state index contributed by atoms with van der Waals surface area (Å²) in [4.78, 5) is 25.0. The molecule has 138 valence electrons. The van der Waals surface area contributed by atoms with Gasteiger partial charge in [-0.1, -0.05) is 66.7 Å². The van der Waals surface area contributed by atoms with Crippen molar-refractivity contribution in [2.45, 2.75) is 18.9 Å². The summed E-state index contributed by atoms with van der Waals surface area (Å²) in [6.07, 6.45) is 0.966. The molecule has 2 N–H and O–H groups in total. The average Bonchev–Trinajstić information content (AvgIpc) is 3.24. The zero-order chi connectivity index (χ0) is 18.9. The largest absolute Gasteiger partial charge is 0.351 e. The molecule has 5 heteroatoms. The Labute approximate surface area is 163 Å². The molecule has 0 saturated heterocycles. The molecule has 1 heterocycles. The summed E-state index contributed by atoms with van der Waals surface area (Å²) in [7, 11) is 0. The first-order valence-corrected chi connectivity index (χ1v) is 9.80. The van der Waals surface area contributed by atoms with E-state index < -0.39 is 0 Å². The molecule has 0 bridgehead atoms. The maximum absolute atomic E-state index is 12.4. The van der Waals surface area contributed by atoms with Crippen molar-refractivity contribution in [2.24, 2.45) is 0 Å². The van der Waals surface area contributed by atoms with E-state index in [0.717, 1.165) is 17.5 Å². The Hall–Kier alpha value is -2.92. The van der Waals surface area contributed by atoms with Crippen LogP contribution in [0.25, 0.3) is 0 Å². The van der Waals surface area contributed by atoms with Gasteiger partial charge in [0.05, 0.1) is 10.9 Å². The van der Waals surface area contributed by atoms with Crippen LogP contribution in [0.4, 0.5) is 0 Å². The van der Waals surface area contributed by atoms with Crippen molar-refractivity contribution < 1.29 is 9.59 Å². The van der Waals surface area contributed by atoms with Crippen LogP contribution in [0.5, 0.6) is 0 Å². The van der Waals surface area contributed by atoms with E-state index in [1.54, 1.807) is 6.07 Å². The lowest BCUT2D eigenvalue weighted by Crippen LogP contribution is -2.33. The van der Waals surface area contributed by atoms with Crippen LogP contribution in [0.15, 0.2) is 78.2 Å². The van der Waals surface area contributed by atoms with Gasteiger partial charge in [0.2, 0.25) is 5.91 Å². The molecule has 1 atom stereocenters. The fourth-order valence-corrected chi connectivity index (χ4v) is 3.48.